The van der Waals surface area contributed by atoms with Gasteiger partial charge in [0, 0.05) is 12.8 Å². The van der Waals surface area contributed by atoms with E-state index >= 15 is 0 Å². The summed E-state index contributed by atoms with van der Waals surface area (Å²) in [6, 6.07) is -0.553. The summed E-state index contributed by atoms with van der Waals surface area (Å²) in [7, 11) is 0. The summed E-state index contributed by atoms with van der Waals surface area (Å²) < 4.78 is 5.48. The SMILES string of the molecule is CCCCCCCC/C=C\CCCCCCCCCCCC(=O)OCCCCCC/C=C\CCCCCCCCCC(=O)NC(CO)C(O)CCCCCCCCCCCCCCCCCC. The van der Waals surface area contributed by atoms with Gasteiger partial charge in [-0.2, -0.15) is 0 Å². The van der Waals surface area contributed by atoms with Gasteiger partial charge in [0.1, 0.15) is 0 Å². The van der Waals surface area contributed by atoms with Gasteiger partial charge in [-0.15, -0.1) is 0 Å². The maximum Gasteiger partial charge on any atom is 0.305 e. The Morgan fingerprint density at radius 1 is 0.403 bits per heavy atom. The molecule has 0 fully saturated rings. The van der Waals surface area contributed by atoms with Crippen LogP contribution in [-0.4, -0.2) is 47.4 Å². The summed E-state index contributed by atoms with van der Waals surface area (Å²) in [6.07, 6.45) is 68.8. The highest BCUT2D eigenvalue weighted by Crippen LogP contribution is 2.17. The van der Waals surface area contributed by atoms with Gasteiger partial charge in [0.2, 0.25) is 5.91 Å². The Morgan fingerprint density at radius 2 is 0.701 bits per heavy atom. The molecule has 2 unspecified atom stereocenters. The van der Waals surface area contributed by atoms with Crippen molar-refractivity contribution in [1.29, 1.82) is 0 Å². The van der Waals surface area contributed by atoms with Crippen LogP contribution < -0.4 is 5.32 Å². The molecule has 67 heavy (non-hydrogen) atoms. The number of amides is 1. The number of carbonyl (C=O) groups excluding carboxylic acids is 2. The normalized spacial score (nSPS) is 12.7. The van der Waals surface area contributed by atoms with Crippen LogP contribution in [0.2, 0.25) is 0 Å². The molecule has 0 heterocycles. The molecule has 6 nitrogen and oxygen atoms in total. The van der Waals surface area contributed by atoms with Crippen molar-refractivity contribution in [2.45, 2.75) is 341 Å². The molecule has 0 aromatic carbocycles. The summed E-state index contributed by atoms with van der Waals surface area (Å²) in [5.41, 5.74) is 0. The van der Waals surface area contributed by atoms with Gasteiger partial charge in [-0.25, -0.2) is 0 Å². The lowest BCUT2D eigenvalue weighted by Gasteiger charge is -2.22. The Morgan fingerprint density at radius 3 is 1.06 bits per heavy atom. The van der Waals surface area contributed by atoms with Gasteiger partial charge in [0.25, 0.3) is 0 Å². The second-order valence-electron chi connectivity index (χ2n) is 20.7. The first-order chi connectivity index (χ1) is 33.0. The third kappa shape index (κ3) is 53.5. The van der Waals surface area contributed by atoms with Crippen LogP contribution >= 0.6 is 0 Å². The number of nitrogens with one attached hydrogen (secondary N) is 1. The summed E-state index contributed by atoms with van der Waals surface area (Å²) in [5.74, 6) is -0.0583. The zero-order chi connectivity index (χ0) is 48.6. The number of unbranched alkanes of at least 4 members (excludes halogenated alkanes) is 41. The molecule has 0 saturated carbocycles. The fraction of sp³-hybridized carbons (Fsp3) is 0.902. The predicted octanol–water partition coefficient (Wildman–Crippen LogP) is 18.6. The second kappa shape index (κ2) is 56.9. The Balaban J connectivity index is 3.45. The van der Waals surface area contributed by atoms with Crippen LogP contribution in [0.25, 0.3) is 0 Å². The molecular formula is C61H117NO5. The van der Waals surface area contributed by atoms with E-state index in [2.05, 4.69) is 43.5 Å². The minimum Gasteiger partial charge on any atom is -0.466 e. The van der Waals surface area contributed by atoms with Crippen LogP contribution in [0.1, 0.15) is 328 Å². The summed E-state index contributed by atoms with van der Waals surface area (Å²) >= 11 is 0. The van der Waals surface area contributed by atoms with Crippen LogP contribution in [0, 0.1) is 0 Å². The van der Waals surface area contributed by atoms with Gasteiger partial charge in [-0.1, -0.05) is 263 Å². The first kappa shape index (κ1) is 65.3. The largest absolute Gasteiger partial charge is 0.466 e. The number of esters is 1. The smallest absolute Gasteiger partial charge is 0.305 e. The first-order valence-corrected chi connectivity index (χ1v) is 30.1. The lowest BCUT2D eigenvalue weighted by molar-refractivity contribution is -0.143. The molecule has 0 bridgehead atoms. The third-order valence-electron chi connectivity index (χ3n) is 14.0. The van der Waals surface area contributed by atoms with E-state index in [0.29, 0.717) is 25.9 Å². The molecule has 0 aliphatic carbocycles. The second-order valence-corrected chi connectivity index (χ2v) is 20.7. The van der Waals surface area contributed by atoms with E-state index in [1.165, 1.54) is 225 Å². The molecule has 0 aromatic heterocycles. The molecule has 3 N–H and O–H groups in total. The molecule has 0 saturated heterocycles. The Hall–Kier alpha value is -1.66. The fourth-order valence-electron chi connectivity index (χ4n) is 9.34. The van der Waals surface area contributed by atoms with Crippen molar-refractivity contribution in [3.8, 4) is 0 Å². The zero-order valence-electron chi connectivity index (χ0n) is 45.1. The van der Waals surface area contributed by atoms with Crippen molar-refractivity contribution in [2.24, 2.45) is 0 Å². The number of aliphatic hydroxyl groups is 2. The van der Waals surface area contributed by atoms with Crippen molar-refractivity contribution in [3.05, 3.63) is 24.3 Å². The maximum absolute atomic E-state index is 12.5. The van der Waals surface area contributed by atoms with Crippen LogP contribution in [0.5, 0.6) is 0 Å². The molecule has 0 aromatic rings. The van der Waals surface area contributed by atoms with Crippen molar-refractivity contribution in [3.63, 3.8) is 0 Å². The average molecular weight is 945 g/mol. The fourth-order valence-corrected chi connectivity index (χ4v) is 9.34. The van der Waals surface area contributed by atoms with E-state index in [1.807, 2.05) is 0 Å². The molecule has 6 heteroatoms. The molecule has 0 aliphatic rings. The number of carbonyl (C=O) groups is 2. The van der Waals surface area contributed by atoms with Crippen LogP contribution in [0.15, 0.2) is 24.3 Å². The van der Waals surface area contributed by atoms with E-state index in [0.717, 1.165) is 70.6 Å². The molecule has 0 radical (unpaired) electrons. The van der Waals surface area contributed by atoms with Gasteiger partial charge >= 0.3 is 5.97 Å². The number of hydrogen-bond donors (Lipinski definition) is 3. The third-order valence-corrected chi connectivity index (χ3v) is 14.0. The number of rotatable bonds is 56. The highest BCUT2D eigenvalue weighted by Gasteiger charge is 2.20. The Labute approximate surface area is 418 Å². The van der Waals surface area contributed by atoms with Gasteiger partial charge in [0.15, 0.2) is 0 Å². The first-order valence-electron chi connectivity index (χ1n) is 30.1. The van der Waals surface area contributed by atoms with Crippen molar-refractivity contribution >= 4 is 11.9 Å². The van der Waals surface area contributed by atoms with E-state index < -0.39 is 12.1 Å². The average Bonchev–Trinajstić information content (AvgIpc) is 3.33. The number of hydrogen-bond acceptors (Lipinski definition) is 5. The van der Waals surface area contributed by atoms with Crippen LogP contribution in [0.3, 0.4) is 0 Å². The van der Waals surface area contributed by atoms with E-state index in [-0.39, 0.29) is 18.5 Å². The molecule has 0 rings (SSSR count). The lowest BCUT2D eigenvalue weighted by atomic mass is 10.0. The lowest BCUT2D eigenvalue weighted by Crippen LogP contribution is -2.45. The molecule has 396 valence electrons. The molecular weight excluding hydrogens is 827 g/mol. The van der Waals surface area contributed by atoms with Gasteiger partial charge in [-0.05, 0) is 77.0 Å². The molecule has 2 atom stereocenters. The van der Waals surface area contributed by atoms with Crippen molar-refractivity contribution < 1.29 is 24.5 Å². The van der Waals surface area contributed by atoms with Gasteiger partial charge < -0.3 is 20.3 Å². The summed E-state index contributed by atoms with van der Waals surface area (Å²) in [4.78, 5) is 24.6. The van der Waals surface area contributed by atoms with Crippen LogP contribution in [0.4, 0.5) is 0 Å². The Kier molecular flexibility index (Phi) is 55.5. The van der Waals surface area contributed by atoms with Gasteiger partial charge in [-0.3, -0.25) is 9.59 Å². The zero-order valence-corrected chi connectivity index (χ0v) is 45.1. The number of ether oxygens (including phenoxy) is 1. The van der Waals surface area contributed by atoms with Crippen molar-refractivity contribution in [1.82, 2.24) is 5.32 Å². The monoisotopic (exact) mass is 944 g/mol. The van der Waals surface area contributed by atoms with Crippen molar-refractivity contribution in [2.75, 3.05) is 13.2 Å². The molecule has 1 amide bonds. The highest BCUT2D eigenvalue weighted by atomic mass is 16.5. The van der Waals surface area contributed by atoms with E-state index in [4.69, 9.17) is 4.74 Å². The topological polar surface area (TPSA) is 95.9 Å². The highest BCUT2D eigenvalue weighted by molar-refractivity contribution is 5.76. The maximum atomic E-state index is 12.5. The standard InChI is InChI=1S/C61H117NO5/c1-3-5-7-9-11-13-15-17-19-21-22-23-27-31-35-39-43-47-51-55-61(66)67-56-52-48-44-40-36-32-28-24-26-30-34-38-42-46-50-54-60(65)62-58(57-63)59(64)53-49-45-41-37-33-29-25-20-18-16-14-12-10-8-6-4-2/h17,19,28,32,58-59,63-64H,3-16,18,20-27,29-31,33-57H2,1-2H3,(H,62,65)/b19-17-,32-28-. The number of aliphatic hydroxyl groups excluding tert-OH is 2. The minimum atomic E-state index is -0.674. The Bertz CT molecular complexity index is 1040. The quantitative estimate of drug-likeness (QED) is 0.0321. The van der Waals surface area contributed by atoms with E-state index in [1.54, 1.807) is 0 Å². The summed E-state index contributed by atoms with van der Waals surface area (Å²) in [5, 5.41) is 23.3. The molecule has 0 aliphatic heterocycles. The predicted molar refractivity (Wildman–Crippen MR) is 292 cm³/mol. The molecule has 0 spiro atoms. The minimum absolute atomic E-state index is 0.00997. The summed E-state index contributed by atoms with van der Waals surface area (Å²) in [6.45, 7) is 4.93. The number of allylic oxidation sites excluding steroid dienone is 4. The van der Waals surface area contributed by atoms with E-state index in [9.17, 15) is 19.8 Å². The van der Waals surface area contributed by atoms with Gasteiger partial charge in [0.05, 0.1) is 25.4 Å². The van der Waals surface area contributed by atoms with Crippen LogP contribution in [-0.2, 0) is 14.3 Å².